The fourth-order valence-corrected chi connectivity index (χ4v) is 1.69. The molecule has 162 valence electrons. The monoisotopic (exact) mass is 396 g/mol. The number of unbranched alkanes of at least 4 members (excludes halogenated alkanes) is 6. The molecule has 0 saturated carbocycles. The summed E-state index contributed by atoms with van der Waals surface area (Å²) in [5.41, 5.74) is 0. The maximum Gasteiger partial charge on any atom is 0.303 e. The Balaban J connectivity index is -0.000000322. The topological polar surface area (TPSA) is 173 Å². The number of aliphatic hydroxyl groups is 3. The Morgan fingerprint density at radius 2 is 0.630 bits per heavy atom. The number of hydrogen-bond donors (Lipinski definition) is 6. The third-order valence-electron chi connectivity index (χ3n) is 3.15. The highest BCUT2D eigenvalue weighted by molar-refractivity contribution is 5.67. The van der Waals surface area contributed by atoms with Gasteiger partial charge in [0.2, 0.25) is 0 Å². The van der Waals surface area contributed by atoms with Crippen molar-refractivity contribution >= 4 is 17.9 Å². The summed E-state index contributed by atoms with van der Waals surface area (Å²) in [6, 6.07) is 0. The zero-order chi connectivity index (χ0) is 21.3. The molecule has 0 rings (SSSR count). The first-order valence-corrected chi connectivity index (χ1v) is 9.29. The fraction of sp³-hybridized carbons (Fsp3) is 0.833. The highest BCUT2D eigenvalue weighted by atomic mass is 16.4. The molecule has 6 N–H and O–H groups in total. The van der Waals surface area contributed by atoms with E-state index in [0.717, 1.165) is 32.1 Å². The minimum Gasteiger partial charge on any atom is -0.481 e. The highest BCUT2D eigenvalue weighted by Gasteiger charge is 1.95. The smallest absolute Gasteiger partial charge is 0.303 e. The van der Waals surface area contributed by atoms with E-state index >= 15 is 0 Å². The van der Waals surface area contributed by atoms with Crippen molar-refractivity contribution in [2.75, 3.05) is 19.8 Å². The minimum absolute atomic E-state index is 0.0906. The maximum atomic E-state index is 9.98. The van der Waals surface area contributed by atoms with Gasteiger partial charge in [-0.2, -0.15) is 0 Å². The van der Waals surface area contributed by atoms with Gasteiger partial charge in [0.05, 0.1) is 0 Å². The summed E-state index contributed by atoms with van der Waals surface area (Å²) in [7, 11) is 0. The van der Waals surface area contributed by atoms with Crippen molar-refractivity contribution in [3.05, 3.63) is 0 Å². The van der Waals surface area contributed by atoms with E-state index in [1.54, 1.807) is 0 Å². The lowest BCUT2D eigenvalue weighted by Gasteiger charge is -1.94. The van der Waals surface area contributed by atoms with Crippen molar-refractivity contribution < 1.29 is 45.0 Å². The summed E-state index contributed by atoms with van der Waals surface area (Å²) in [6.07, 6.45) is 7.38. The number of hydrogen-bond acceptors (Lipinski definition) is 6. The quantitative estimate of drug-likeness (QED) is 0.226. The van der Waals surface area contributed by atoms with Crippen molar-refractivity contribution in [3.63, 3.8) is 0 Å². The average Bonchev–Trinajstić information content (AvgIpc) is 2.59. The van der Waals surface area contributed by atoms with Crippen LogP contribution in [0.4, 0.5) is 0 Å². The van der Waals surface area contributed by atoms with Crippen molar-refractivity contribution in [3.8, 4) is 0 Å². The van der Waals surface area contributed by atoms with E-state index in [-0.39, 0.29) is 39.1 Å². The predicted octanol–water partition coefficient (Wildman–Crippen LogP) is 1.87. The van der Waals surface area contributed by atoms with Crippen LogP contribution in [0.15, 0.2) is 0 Å². The lowest BCUT2D eigenvalue weighted by molar-refractivity contribution is -0.138. The van der Waals surface area contributed by atoms with Gasteiger partial charge in [-0.05, 0) is 38.5 Å². The molecule has 0 heterocycles. The number of carbonyl (C=O) groups is 3. The number of rotatable bonds is 15. The third kappa shape index (κ3) is 45.5. The Labute approximate surface area is 160 Å². The van der Waals surface area contributed by atoms with Gasteiger partial charge >= 0.3 is 17.9 Å². The summed E-state index contributed by atoms with van der Waals surface area (Å²) >= 11 is 0. The van der Waals surface area contributed by atoms with Crippen molar-refractivity contribution in [2.45, 2.75) is 77.0 Å². The molecule has 27 heavy (non-hydrogen) atoms. The summed E-state index contributed by atoms with van der Waals surface area (Å²) in [4.78, 5) is 29.7. The highest BCUT2D eigenvalue weighted by Crippen LogP contribution is 2.01. The largest absolute Gasteiger partial charge is 0.481 e. The average molecular weight is 396 g/mol. The van der Waals surface area contributed by atoms with Crippen LogP contribution in [0, 0.1) is 0 Å². The van der Waals surface area contributed by atoms with Gasteiger partial charge < -0.3 is 30.6 Å². The second-order valence-corrected chi connectivity index (χ2v) is 5.78. The lowest BCUT2D eigenvalue weighted by Crippen LogP contribution is -1.94. The molecule has 0 spiro atoms. The van der Waals surface area contributed by atoms with Gasteiger partial charge in [0.25, 0.3) is 0 Å². The second kappa shape index (κ2) is 26.5. The molecular formula is C18H36O9. The van der Waals surface area contributed by atoms with E-state index in [4.69, 9.17) is 30.6 Å². The van der Waals surface area contributed by atoms with Crippen LogP contribution in [-0.2, 0) is 14.4 Å². The zero-order valence-electron chi connectivity index (χ0n) is 16.0. The van der Waals surface area contributed by atoms with Gasteiger partial charge in [-0.3, -0.25) is 14.4 Å². The lowest BCUT2D eigenvalue weighted by atomic mass is 10.1. The molecule has 0 aromatic carbocycles. The molecule has 0 amide bonds. The van der Waals surface area contributed by atoms with Crippen LogP contribution in [0.2, 0.25) is 0 Å². The first kappa shape index (κ1) is 30.0. The van der Waals surface area contributed by atoms with E-state index in [1.165, 1.54) is 0 Å². The van der Waals surface area contributed by atoms with Gasteiger partial charge in [-0.15, -0.1) is 0 Å². The van der Waals surface area contributed by atoms with E-state index in [0.29, 0.717) is 25.7 Å². The van der Waals surface area contributed by atoms with Crippen LogP contribution >= 0.6 is 0 Å². The molecule has 0 atom stereocenters. The van der Waals surface area contributed by atoms with Crippen LogP contribution in [0.5, 0.6) is 0 Å². The van der Waals surface area contributed by atoms with Gasteiger partial charge in [-0.1, -0.05) is 19.3 Å². The summed E-state index contributed by atoms with van der Waals surface area (Å²) in [5.74, 6) is -2.28. The Bertz CT molecular complexity index is 346. The molecule has 0 saturated heterocycles. The van der Waals surface area contributed by atoms with Crippen molar-refractivity contribution in [2.24, 2.45) is 0 Å². The van der Waals surface area contributed by atoms with Crippen LogP contribution in [0.1, 0.15) is 77.0 Å². The number of carboxylic acids is 3. The fourth-order valence-electron chi connectivity index (χ4n) is 1.69. The van der Waals surface area contributed by atoms with E-state index < -0.39 is 17.9 Å². The number of carboxylic acid groups (broad SMARTS) is 3. The van der Waals surface area contributed by atoms with Crippen molar-refractivity contribution in [1.29, 1.82) is 0 Å². The molecule has 0 bridgehead atoms. The minimum atomic E-state index is -0.793. The molecular weight excluding hydrogens is 360 g/mol. The second-order valence-electron chi connectivity index (χ2n) is 5.78. The summed E-state index contributed by atoms with van der Waals surface area (Å²) < 4.78 is 0. The predicted molar refractivity (Wildman–Crippen MR) is 99.6 cm³/mol. The molecule has 9 heteroatoms. The number of aliphatic hydroxyl groups excluding tert-OH is 3. The maximum absolute atomic E-state index is 9.98. The standard InChI is InChI=1S/C7H14O3.C6H12O3.C5H10O3/c8-6-4-2-1-3-5-7(9)10;7-5-3-1-2-4-6(8)9;6-4-2-1-3-5(7)8/h8H,1-6H2,(H,9,10);7H,1-5H2,(H,8,9);6H,1-4H2,(H,7,8). The van der Waals surface area contributed by atoms with E-state index in [9.17, 15) is 14.4 Å². The molecule has 0 fully saturated rings. The van der Waals surface area contributed by atoms with Crippen molar-refractivity contribution in [1.82, 2.24) is 0 Å². The molecule has 0 aliphatic heterocycles. The van der Waals surface area contributed by atoms with Gasteiger partial charge in [0.15, 0.2) is 0 Å². The van der Waals surface area contributed by atoms with Gasteiger partial charge in [-0.25, -0.2) is 0 Å². The van der Waals surface area contributed by atoms with E-state index in [2.05, 4.69) is 0 Å². The van der Waals surface area contributed by atoms with Crippen LogP contribution < -0.4 is 0 Å². The Kier molecular flexibility index (Phi) is 29.5. The van der Waals surface area contributed by atoms with Crippen LogP contribution in [0.25, 0.3) is 0 Å². The Morgan fingerprint density at radius 3 is 0.926 bits per heavy atom. The molecule has 0 aliphatic rings. The molecule has 0 aromatic heterocycles. The zero-order valence-corrected chi connectivity index (χ0v) is 16.0. The molecule has 9 nitrogen and oxygen atoms in total. The molecule has 0 aliphatic carbocycles. The first-order chi connectivity index (χ1) is 12.8. The van der Waals surface area contributed by atoms with Gasteiger partial charge in [0, 0.05) is 39.1 Å². The SMILES string of the molecule is O=C(O)CCCCCCO.O=C(O)CCCCCO.O=C(O)CCCCO. The summed E-state index contributed by atoms with van der Waals surface area (Å²) in [5, 5.41) is 49.3. The summed E-state index contributed by atoms with van der Waals surface area (Å²) in [6.45, 7) is 0.472. The van der Waals surface area contributed by atoms with E-state index in [1.807, 2.05) is 0 Å². The Morgan fingerprint density at radius 1 is 0.407 bits per heavy atom. The third-order valence-corrected chi connectivity index (χ3v) is 3.15. The Hall–Kier alpha value is -1.71. The first-order valence-electron chi connectivity index (χ1n) is 9.29. The number of aliphatic carboxylic acids is 3. The normalized spacial score (nSPS) is 9.44. The molecule has 0 aromatic rings. The van der Waals surface area contributed by atoms with Crippen LogP contribution in [0.3, 0.4) is 0 Å². The van der Waals surface area contributed by atoms with Crippen LogP contribution in [-0.4, -0.2) is 68.4 Å². The molecule has 0 unspecified atom stereocenters. The van der Waals surface area contributed by atoms with Gasteiger partial charge in [0.1, 0.15) is 0 Å². The molecule has 0 radical (unpaired) electrons.